The number of aryl methyl sites for hydroxylation is 1. The van der Waals surface area contributed by atoms with Gasteiger partial charge in [-0.1, -0.05) is 6.92 Å². The number of phenols is 1. The van der Waals surface area contributed by atoms with Gasteiger partial charge in [0.1, 0.15) is 5.75 Å². The number of fused-ring (bicyclic) bond motifs is 1. The van der Waals surface area contributed by atoms with Crippen LogP contribution in [0.5, 0.6) is 5.75 Å². The highest BCUT2D eigenvalue weighted by Crippen LogP contribution is 2.29. The standard InChI is InChI=1S/C14H17NO3/c1-4-11-13(14(17)18-5-2)10-8-9(16)6-7-12(10)15(11)3/h6-8,16H,4-5H2,1-3H3. The number of benzene rings is 1. The van der Waals surface area contributed by atoms with Crippen LogP contribution in [0.4, 0.5) is 0 Å². The van der Waals surface area contributed by atoms with Crippen LogP contribution in [0, 0.1) is 0 Å². The van der Waals surface area contributed by atoms with Crippen molar-refractivity contribution in [1.29, 1.82) is 0 Å². The summed E-state index contributed by atoms with van der Waals surface area (Å²) in [6, 6.07) is 5.05. The second kappa shape index (κ2) is 4.72. The van der Waals surface area contributed by atoms with Crippen LogP contribution in [0.2, 0.25) is 0 Å². The number of carbonyl (C=O) groups excluding carboxylic acids is 1. The van der Waals surface area contributed by atoms with Crippen molar-refractivity contribution in [3.63, 3.8) is 0 Å². The molecule has 1 aromatic carbocycles. The maximum atomic E-state index is 12.0. The molecule has 0 amide bonds. The molecular formula is C14H17NO3. The summed E-state index contributed by atoms with van der Waals surface area (Å²) in [5.74, 6) is -0.174. The van der Waals surface area contributed by atoms with Crippen LogP contribution in [0.3, 0.4) is 0 Å². The molecule has 1 N–H and O–H groups in total. The number of carbonyl (C=O) groups is 1. The normalized spacial score (nSPS) is 10.8. The van der Waals surface area contributed by atoms with Crippen molar-refractivity contribution in [3.8, 4) is 5.75 Å². The van der Waals surface area contributed by atoms with E-state index in [4.69, 9.17) is 4.74 Å². The van der Waals surface area contributed by atoms with E-state index >= 15 is 0 Å². The predicted molar refractivity (Wildman–Crippen MR) is 69.9 cm³/mol. The Hall–Kier alpha value is -1.97. The smallest absolute Gasteiger partial charge is 0.340 e. The highest BCUT2D eigenvalue weighted by molar-refractivity contribution is 6.06. The van der Waals surface area contributed by atoms with Crippen molar-refractivity contribution >= 4 is 16.9 Å². The van der Waals surface area contributed by atoms with Gasteiger partial charge < -0.3 is 14.4 Å². The molecule has 4 heteroatoms. The van der Waals surface area contributed by atoms with Crippen LogP contribution in [0.25, 0.3) is 10.9 Å². The van der Waals surface area contributed by atoms with E-state index in [1.54, 1.807) is 19.1 Å². The molecule has 0 aliphatic heterocycles. The number of ether oxygens (including phenoxy) is 1. The van der Waals surface area contributed by atoms with Gasteiger partial charge in [0.05, 0.1) is 12.2 Å². The molecule has 0 saturated carbocycles. The van der Waals surface area contributed by atoms with E-state index in [0.717, 1.165) is 23.0 Å². The van der Waals surface area contributed by atoms with Crippen molar-refractivity contribution in [2.45, 2.75) is 20.3 Å². The highest BCUT2D eigenvalue weighted by atomic mass is 16.5. The van der Waals surface area contributed by atoms with Crippen molar-refractivity contribution < 1.29 is 14.6 Å². The summed E-state index contributed by atoms with van der Waals surface area (Å²) < 4.78 is 7.07. The summed E-state index contributed by atoms with van der Waals surface area (Å²) in [5.41, 5.74) is 2.41. The first-order chi connectivity index (χ1) is 8.60. The first-order valence-electron chi connectivity index (χ1n) is 6.07. The van der Waals surface area contributed by atoms with Crippen LogP contribution in [0.15, 0.2) is 18.2 Å². The summed E-state index contributed by atoms with van der Waals surface area (Å²) in [5, 5.41) is 10.3. The van der Waals surface area contributed by atoms with Crippen molar-refractivity contribution in [2.24, 2.45) is 7.05 Å². The lowest BCUT2D eigenvalue weighted by molar-refractivity contribution is 0.0527. The zero-order valence-electron chi connectivity index (χ0n) is 10.9. The first-order valence-corrected chi connectivity index (χ1v) is 6.07. The van der Waals surface area contributed by atoms with E-state index < -0.39 is 0 Å². The Balaban J connectivity index is 2.75. The van der Waals surface area contributed by atoms with Crippen molar-refractivity contribution in [3.05, 3.63) is 29.5 Å². The molecule has 0 radical (unpaired) electrons. The lowest BCUT2D eigenvalue weighted by Gasteiger charge is -2.04. The van der Waals surface area contributed by atoms with Gasteiger partial charge in [-0.05, 0) is 31.5 Å². The Morgan fingerprint density at radius 2 is 2.11 bits per heavy atom. The van der Waals surface area contributed by atoms with Gasteiger partial charge in [0.2, 0.25) is 0 Å². The summed E-state index contributed by atoms with van der Waals surface area (Å²) in [6.07, 6.45) is 0.736. The summed E-state index contributed by atoms with van der Waals surface area (Å²) in [4.78, 5) is 12.0. The van der Waals surface area contributed by atoms with E-state index in [2.05, 4.69) is 0 Å². The molecule has 1 aromatic heterocycles. The zero-order valence-corrected chi connectivity index (χ0v) is 10.9. The summed E-state index contributed by atoms with van der Waals surface area (Å²) in [6.45, 7) is 4.13. The molecular weight excluding hydrogens is 230 g/mol. The highest BCUT2D eigenvalue weighted by Gasteiger charge is 2.21. The SMILES string of the molecule is CCOC(=O)c1c(CC)n(C)c2ccc(O)cc12. The van der Waals surface area contributed by atoms with Gasteiger partial charge in [0, 0.05) is 23.6 Å². The molecule has 1 heterocycles. The lowest BCUT2D eigenvalue weighted by atomic mass is 10.1. The largest absolute Gasteiger partial charge is 0.508 e. The number of aromatic hydroxyl groups is 1. The molecule has 2 rings (SSSR count). The number of hydrogen-bond acceptors (Lipinski definition) is 3. The molecule has 0 bridgehead atoms. The third-order valence-electron chi connectivity index (χ3n) is 3.12. The zero-order chi connectivity index (χ0) is 13.3. The molecule has 2 aromatic rings. The van der Waals surface area contributed by atoms with Crippen molar-refractivity contribution in [1.82, 2.24) is 4.57 Å². The summed E-state index contributed by atoms with van der Waals surface area (Å²) >= 11 is 0. The van der Waals surface area contributed by atoms with Crippen LogP contribution in [0.1, 0.15) is 29.9 Å². The van der Waals surface area contributed by atoms with Gasteiger partial charge in [-0.3, -0.25) is 0 Å². The van der Waals surface area contributed by atoms with E-state index in [-0.39, 0.29) is 11.7 Å². The second-order valence-electron chi connectivity index (χ2n) is 4.16. The molecule has 96 valence electrons. The van der Waals surface area contributed by atoms with E-state index in [0.29, 0.717) is 12.2 Å². The Kier molecular flexibility index (Phi) is 3.28. The lowest BCUT2D eigenvalue weighted by Crippen LogP contribution is -2.08. The number of phenolic OH excluding ortho intramolecular Hbond substituents is 1. The monoisotopic (exact) mass is 247 g/mol. The van der Waals surface area contributed by atoms with Gasteiger partial charge >= 0.3 is 5.97 Å². The Morgan fingerprint density at radius 1 is 1.39 bits per heavy atom. The molecule has 0 saturated heterocycles. The quantitative estimate of drug-likeness (QED) is 0.848. The van der Waals surface area contributed by atoms with Crippen molar-refractivity contribution in [2.75, 3.05) is 6.61 Å². The third-order valence-corrected chi connectivity index (χ3v) is 3.12. The first kappa shape index (κ1) is 12.5. The van der Waals surface area contributed by atoms with Crippen LogP contribution in [-0.4, -0.2) is 22.2 Å². The minimum atomic E-state index is -0.328. The van der Waals surface area contributed by atoms with E-state index in [1.807, 2.05) is 24.6 Å². The number of rotatable bonds is 3. The fourth-order valence-electron chi connectivity index (χ4n) is 2.33. The number of aromatic nitrogens is 1. The van der Waals surface area contributed by atoms with Gasteiger partial charge in [-0.2, -0.15) is 0 Å². The molecule has 0 aliphatic carbocycles. The fourth-order valence-corrected chi connectivity index (χ4v) is 2.33. The number of esters is 1. The van der Waals surface area contributed by atoms with Crippen LogP contribution in [-0.2, 0) is 18.2 Å². The molecule has 0 atom stereocenters. The molecule has 0 fully saturated rings. The second-order valence-corrected chi connectivity index (χ2v) is 4.16. The number of hydrogen-bond donors (Lipinski definition) is 1. The summed E-state index contributed by atoms with van der Waals surface area (Å²) in [7, 11) is 1.92. The van der Waals surface area contributed by atoms with Gasteiger partial charge in [0.25, 0.3) is 0 Å². The molecule has 0 aliphatic rings. The molecule has 0 unspecified atom stereocenters. The van der Waals surface area contributed by atoms with Gasteiger partial charge in [-0.15, -0.1) is 0 Å². The van der Waals surface area contributed by atoms with Crippen LogP contribution >= 0.6 is 0 Å². The van der Waals surface area contributed by atoms with Gasteiger partial charge in [0.15, 0.2) is 0 Å². The van der Waals surface area contributed by atoms with E-state index in [9.17, 15) is 9.90 Å². The minimum Gasteiger partial charge on any atom is -0.508 e. The topological polar surface area (TPSA) is 51.5 Å². The molecule has 18 heavy (non-hydrogen) atoms. The predicted octanol–water partition coefficient (Wildman–Crippen LogP) is 2.62. The maximum absolute atomic E-state index is 12.0. The minimum absolute atomic E-state index is 0.154. The van der Waals surface area contributed by atoms with Crippen LogP contribution < -0.4 is 0 Å². The maximum Gasteiger partial charge on any atom is 0.340 e. The molecule has 0 spiro atoms. The number of nitrogens with zero attached hydrogens (tertiary/aromatic N) is 1. The Labute approximate surface area is 106 Å². The molecule has 4 nitrogen and oxygen atoms in total. The Bertz CT molecular complexity index is 599. The van der Waals surface area contributed by atoms with E-state index in [1.165, 1.54) is 0 Å². The third kappa shape index (κ3) is 1.83. The van der Waals surface area contributed by atoms with Gasteiger partial charge in [-0.25, -0.2) is 4.79 Å². The fraction of sp³-hybridized carbons (Fsp3) is 0.357. The Morgan fingerprint density at radius 3 is 2.72 bits per heavy atom. The average Bonchev–Trinajstić information content (AvgIpc) is 2.61. The average molecular weight is 247 g/mol.